The number of rotatable bonds is 3. The molecule has 2 heteroatoms. The lowest BCUT2D eigenvalue weighted by Crippen LogP contribution is -2.35. The Bertz CT molecular complexity index is 383. The molecule has 1 aromatic rings. The van der Waals surface area contributed by atoms with Crippen molar-refractivity contribution in [1.82, 2.24) is 0 Å². The summed E-state index contributed by atoms with van der Waals surface area (Å²) in [5, 5.41) is 0.818. The maximum atomic E-state index is 5.94. The van der Waals surface area contributed by atoms with Crippen LogP contribution in [0.4, 0.5) is 0 Å². The van der Waals surface area contributed by atoms with Crippen LogP contribution in [-0.2, 0) is 6.42 Å². The van der Waals surface area contributed by atoms with Crippen molar-refractivity contribution in [2.45, 2.75) is 39.5 Å². The molecule has 0 radical (unpaired) electrons. The summed E-state index contributed by atoms with van der Waals surface area (Å²) in [6.07, 6.45) is 5.02. The molecule has 2 atom stereocenters. The van der Waals surface area contributed by atoms with Crippen LogP contribution < -0.4 is 5.73 Å². The molecule has 100 valence electrons. The van der Waals surface area contributed by atoms with E-state index in [9.17, 15) is 0 Å². The molecule has 2 unspecified atom stereocenters. The minimum Gasteiger partial charge on any atom is -0.330 e. The van der Waals surface area contributed by atoms with Crippen LogP contribution in [0.15, 0.2) is 24.3 Å². The third-order valence-corrected chi connectivity index (χ3v) is 4.64. The predicted octanol–water partition coefficient (Wildman–Crippen LogP) is 4.28. The van der Waals surface area contributed by atoms with Gasteiger partial charge in [-0.3, -0.25) is 0 Å². The maximum absolute atomic E-state index is 5.94. The Hall–Kier alpha value is -0.530. The Labute approximate surface area is 116 Å². The topological polar surface area (TPSA) is 26.0 Å². The lowest BCUT2D eigenvalue weighted by atomic mass is 9.65. The van der Waals surface area contributed by atoms with E-state index in [-0.39, 0.29) is 0 Å². The zero-order chi connectivity index (χ0) is 13.2. The molecule has 0 spiro atoms. The Morgan fingerprint density at radius 2 is 1.89 bits per heavy atom. The van der Waals surface area contributed by atoms with E-state index in [4.69, 9.17) is 17.3 Å². The lowest BCUT2D eigenvalue weighted by Gasteiger charge is -2.40. The second kappa shape index (κ2) is 5.63. The number of nitrogens with two attached hydrogens (primary N) is 1. The molecule has 0 saturated heterocycles. The van der Waals surface area contributed by atoms with E-state index < -0.39 is 0 Å². The average Bonchev–Trinajstić information content (AvgIpc) is 2.31. The molecule has 1 fully saturated rings. The third-order valence-electron chi connectivity index (χ3n) is 4.39. The van der Waals surface area contributed by atoms with Gasteiger partial charge in [-0.05, 0) is 67.2 Å². The molecule has 0 heterocycles. The van der Waals surface area contributed by atoms with Crippen LogP contribution in [-0.4, -0.2) is 6.54 Å². The standard InChI is InChI=1S/C16H24ClN/c1-16(2)8-7-13(11-18)14(10-16)9-12-3-5-15(17)6-4-12/h3-6,13-14H,7-11,18H2,1-2H3. The van der Waals surface area contributed by atoms with Gasteiger partial charge >= 0.3 is 0 Å². The molecule has 1 aliphatic rings. The lowest BCUT2D eigenvalue weighted by molar-refractivity contribution is 0.121. The van der Waals surface area contributed by atoms with Crippen molar-refractivity contribution in [3.05, 3.63) is 34.9 Å². The van der Waals surface area contributed by atoms with Crippen molar-refractivity contribution >= 4 is 11.6 Å². The van der Waals surface area contributed by atoms with Gasteiger partial charge in [0, 0.05) is 5.02 Å². The maximum Gasteiger partial charge on any atom is 0.0406 e. The second-order valence-corrected chi connectivity index (χ2v) is 6.93. The van der Waals surface area contributed by atoms with Gasteiger partial charge in [0.1, 0.15) is 0 Å². The van der Waals surface area contributed by atoms with E-state index >= 15 is 0 Å². The molecule has 1 aromatic carbocycles. The highest BCUT2D eigenvalue weighted by atomic mass is 35.5. The van der Waals surface area contributed by atoms with Crippen LogP contribution in [0.2, 0.25) is 5.02 Å². The van der Waals surface area contributed by atoms with Crippen LogP contribution in [0.3, 0.4) is 0 Å². The third kappa shape index (κ3) is 3.49. The molecule has 0 aliphatic heterocycles. The summed E-state index contributed by atoms with van der Waals surface area (Å²) in [6.45, 7) is 5.59. The zero-order valence-corrected chi connectivity index (χ0v) is 12.2. The normalized spacial score (nSPS) is 27.1. The quantitative estimate of drug-likeness (QED) is 0.867. The molecule has 0 amide bonds. The smallest absolute Gasteiger partial charge is 0.0406 e. The Morgan fingerprint density at radius 3 is 2.50 bits per heavy atom. The Kier molecular flexibility index (Phi) is 4.34. The summed E-state index contributed by atoms with van der Waals surface area (Å²) in [7, 11) is 0. The van der Waals surface area contributed by atoms with E-state index in [0.29, 0.717) is 11.3 Å². The molecule has 18 heavy (non-hydrogen) atoms. The molecule has 2 rings (SSSR count). The largest absolute Gasteiger partial charge is 0.330 e. The molecule has 2 N–H and O–H groups in total. The van der Waals surface area contributed by atoms with Gasteiger partial charge in [-0.1, -0.05) is 37.6 Å². The highest BCUT2D eigenvalue weighted by molar-refractivity contribution is 6.30. The average molecular weight is 266 g/mol. The SMILES string of the molecule is CC1(C)CCC(CN)C(Cc2ccc(Cl)cc2)C1. The predicted molar refractivity (Wildman–Crippen MR) is 78.8 cm³/mol. The fourth-order valence-corrected chi connectivity index (χ4v) is 3.39. The molecule has 1 saturated carbocycles. The highest BCUT2D eigenvalue weighted by Crippen LogP contribution is 2.42. The number of hydrogen-bond donors (Lipinski definition) is 1. The van der Waals surface area contributed by atoms with Crippen molar-refractivity contribution in [1.29, 1.82) is 0 Å². The van der Waals surface area contributed by atoms with Crippen molar-refractivity contribution in [2.75, 3.05) is 6.54 Å². The summed E-state index contributed by atoms with van der Waals surface area (Å²) in [5.74, 6) is 1.41. The Balaban J connectivity index is 2.07. The summed E-state index contributed by atoms with van der Waals surface area (Å²) in [6, 6.07) is 8.28. The zero-order valence-electron chi connectivity index (χ0n) is 11.5. The number of benzene rings is 1. The van der Waals surface area contributed by atoms with Crippen molar-refractivity contribution < 1.29 is 0 Å². The minimum absolute atomic E-state index is 0.475. The fourth-order valence-electron chi connectivity index (χ4n) is 3.26. The fraction of sp³-hybridized carbons (Fsp3) is 0.625. The van der Waals surface area contributed by atoms with Gasteiger partial charge in [0.25, 0.3) is 0 Å². The van der Waals surface area contributed by atoms with Crippen LogP contribution >= 0.6 is 11.6 Å². The first kappa shape index (κ1) is 13.9. The first-order chi connectivity index (χ1) is 8.50. The van der Waals surface area contributed by atoms with Crippen LogP contribution in [0.25, 0.3) is 0 Å². The molecule has 1 aliphatic carbocycles. The van der Waals surface area contributed by atoms with Crippen molar-refractivity contribution in [3.8, 4) is 0 Å². The monoisotopic (exact) mass is 265 g/mol. The van der Waals surface area contributed by atoms with E-state index in [0.717, 1.165) is 23.9 Å². The van der Waals surface area contributed by atoms with Gasteiger partial charge in [0.15, 0.2) is 0 Å². The van der Waals surface area contributed by atoms with Crippen molar-refractivity contribution in [2.24, 2.45) is 23.0 Å². The first-order valence-corrected chi connectivity index (χ1v) is 7.32. The number of halogens is 1. The number of hydrogen-bond acceptors (Lipinski definition) is 1. The summed E-state index contributed by atoms with van der Waals surface area (Å²) < 4.78 is 0. The molecular weight excluding hydrogens is 242 g/mol. The minimum atomic E-state index is 0.475. The van der Waals surface area contributed by atoms with Gasteiger partial charge in [-0.2, -0.15) is 0 Å². The van der Waals surface area contributed by atoms with Gasteiger partial charge in [0.05, 0.1) is 0 Å². The highest BCUT2D eigenvalue weighted by Gasteiger charge is 2.33. The van der Waals surface area contributed by atoms with Crippen LogP contribution in [0, 0.1) is 17.3 Å². The van der Waals surface area contributed by atoms with Crippen molar-refractivity contribution in [3.63, 3.8) is 0 Å². The molecule has 0 bridgehead atoms. The van der Waals surface area contributed by atoms with Gasteiger partial charge in [-0.15, -0.1) is 0 Å². The van der Waals surface area contributed by atoms with Gasteiger partial charge in [-0.25, -0.2) is 0 Å². The van der Waals surface area contributed by atoms with E-state index in [2.05, 4.69) is 26.0 Å². The van der Waals surface area contributed by atoms with E-state index in [1.165, 1.54) is 24.8 Å². The Morgan fingerprint density at radius 1 is 1.22 bits per heavy atom. The van der Waals surface area contributed by atoms with Crippen LogP contribution in [0.1, 0.15) is 38.7 Å². The second-order valence-electron chi connectivity index (χ2n) is 6.49. The molecule has 0 aromatic heterocycles. The summed E-state index contributed by atoms with van der Waals surface area (Å²) in [5.41, 5.74) is 7.80. The molecular formula is C16H24ClN. The molecule has 1 nitrogen and oxygen atoms in total. The van der Waals surface area contributed by atoms with Crippen LogP contribution in [0.5, 0.6) is 0 Å². The van der Waals surface area contributed by atoms with Gasteiger partial charge in [0.2, 0.25) is 0 Å². The van der Waals surface area contributed by atoms with E-state index in [1.807, 2.05) is 12.1 Å². The summed E-state index contributed by atoms with van der Waals surface area (Å²) in [4.78, 5) is 0. The first-order valence-electron chi connectivity index (χ1n) is 6.95. The van der Waals surface area contributed by atoms with Gasteiger partial charge < -0.3 is 5.73 Å². The van der Waals surface area contributed by atoms with E-state index in [1.54, 1.807) is 0 Å². The summed E-state index contributed by atoms with van der Waals surface area (Å²) >= 11 is 5.94.